The predicted octanol–water partition coefficient (Wildman–Crippen LogP) is 2.12. The largest absolute Gasteiger partial charge is 0.497 e. The van der Waals surface area contributed by atoms with Gasteiger partial charge in [-0.2, -0.15) is 0 Å². The van der Waals surface area contributed by atoms with Crippen molar-refractivity contribution in [2.45, 2.75) is 6.42 Å². The molecule has 0 saturated heterocycles. The third-order valence-electron chi connectivity index (χ3n) is 3.53. The zero-order valence-electron chi connectivity index (χ0n) is 14.1. The normalized spacial score (nSPS) is 10.0. The van der Waals surface area contributed by atoms with E-state index in [1.807, 2.05) is 24.3 Å². The molecular formula is C18H18N2O6. The lowest BCUT2D eigenvalue weighted by Crippen LogP contribution is -2.30. The molecule has 0 radical (unpaired) electrons. The smallest absolute Gasteiger partial charge is 0.325 e. The number of carbonyl (C=O) groups is 2. The Morgan fingerprint density at radius 3 is 2.54 bits per heavy atom. The van der Waals surface area contributed by atoms with E-state index in [2.05, 4.69) is 5.32 Å². The number of methoxy groups -OCH3 is 1. The maximum Gasteiger partial charge on any atom is 0.325 e. The lowest BCUT2D eigenvalue weighted by atomic mass is 10.1. The van der Waals surface area contributed by atoms with Gasteiger partial charge in [0.1, 0.15) is 12.3 Å². The highest BCUT2D eigenvalue weighted by Gasteiger charge is 2.12. The van der Waals surface area contributed by atoms with Crippen LogP contribution >= 0.6 is 0 Å². The van der Waals surface area contributed by atoms with Crippen LogP contribution in [0, 0.1) is 10.1 Å². The Morgan fingerprint density at radius 1 is 1.15 bits per heavy atom. The van der Waals surface area contributed by atoms with Crippen LogP contribution in [-0.2, 0) is 16.0 Å². The van der Waals surface area contributed by atoms with Crippen LogP contribution in [-0.4, -0.2) is 37.1 Å². The number of non-ortho nitro benzene ring substituents is 1. The third kappa shape index (κ3) is 5.59. The number of esters is 1. The van der Waals surface area contributed by atoms with Crippen LogP contribution in [0.4, 0.5) is 5.69 Å². The Bertz CT molecular complexity index is 789. The molecule has 26 heavy (non-hydrogen) atoms. The highest BCUT2D eigenvalue weighted by Crippen LogP contribution is 2.13. The average Bonchev–Trinajstić information content (AvgIpc) is 2.66. The molecule has 2 rings (SSSR count). The minimum atomic E-state index is -0.593. The highest BCUT2D eigenvalue weighted by molar-refractivity contribution is 5.96. The molecule has 2 aromatic carbocycles. The van der Waals surface area contributed by atoms with Gasteiger partial charge in [-0.05, 0) is 23.8 Å². The quantitative estimate of drug-likeness (QED) is 0.440. The standard InChI is InChI=1S/C18H18N2O6/c1-25-16-7-5-13(6-8-16)9-10-26-17(21)12-19-18(22)14-3-2-4-15(11-14)20(23)24/h2-8,11H,9-10,12H2,1H3,(H,19,22). The Kier molecular flexibility index (Phi) is 6.67. The van der Waals surface area contributed by atoms with Crippen LogP contribution in [0.1, 0.15) is 15.9 Å². The molecule has 0 saturated carbocycles. The molecule has 0 aromatic heterocycles. The number of hydrogen-bond donors (Lipinski definition) is 1. The van der Waals surface area contributed by atoms with Gasteiger partial charge in [-0.25, -0.2) is 0 Å². The van der Waals surface area contributed by atoms with Crippen molar-refractivity contribution in [2.75, 3.05) is 20.3 Å². The summed E-state index contributed by atoms with van der Waals surface area (Å²) in [6.45, 7) is -0.137. The zero-order chi connectivity index (χ0) is 18.9. The summed E-state index contributed by atoms with van der Waals surface area (Å²) < 4.78 is 10.1. The molecule has 136 valence electrons. The van der Waals surface area contributed by atoms with Gasteiger partial charge >= 0.3 is 5.97 Å². The van der Waals surface area contributed by atoms with E-state index in [-0.39, 0.29) is 24.4 Å². The predicted molar refractivity (Wildman–Crippen MR) is 93.1 cm³/mol. The maximum absolute atomic E-state index is 11.9. The second-order valence-electron chi connectivity index (χ2n) is 5.31. The Balaban J connectivity index is 1.74. The molecule has 1 amide bonds. The lowest BCUT2D eigenvalue weighted by Gasteiger charge is -2.07. The van der Waals surface area contributed by atoms with Crippen LogP contribution in [0.15, 0.2) is 48.5 Å². The Labute approximate surface area is 149 Å². The average molecular weight is 358 g/mol. The second-order valence-corrected chi connectivity index (χ2v) is 5.31. The number of carbonyl (C=O) groups excluding carboxylic acids is 2. The molecular weight excluding hydrogens is 340 g/mol. The van der Waals surface area contributed by atoms with Crippen molar-refractivity contribution in [1.29, 1.82) is 0 Å². The fourth-order valence-corrected chi connectivity index (χ4v) is 2.14. The molecule has 1 N–H and O–H groups in total. The van der Waals surface area contributed by atoms with Gasteiger partial charge in [0.05, 0.1) is 18.6 Å². The van der Waals surface area contributed by atoms with Gasteiger partial charge in [-0.1, -0.05) is 18.2 Å². The molecule has 8 heteroatoms. The van der Waals surface area contributed by atoms with E-state index in [0.717, 1.165) is 17.4 Å². The van der Waals surface area contributed by atoms with Crippen molar-refractivity contribution in [1.82, 2.24) is 5.32 Å². The minimum absolute atomic E-state index is 0.102. The van der Waals surface area contributed by atoms with Gasteiger partial charge in [-0.15, -0.1) is 0 Å². The number of nitro groups is 1. The van der Waals surface area contributed by atoms with Gasteiger partial charge in [-0.3, -0.25) is 19.7 Å². The van der Waals surface area contributed by atoms with Gasteiger partial charge in [0.15, 0.2) is 0 Å². The van der Waals surface area contributed by atoms with Crippen molar-refractivity contribution in [2.24, 2.45) is 0 Å². The summed E-state index contributed by atoms with van der Waals surface area (Å²) in [5.74, 6) is -0.423. The van der Waals surface area contributed by atoms with E-state index in [9.17, 15) is 19.7 Å². The topological polar surface area (TPSA) is 108 Å². The molecule has 0 bridgehead atoms. The number of nitrogens with one attached hydrogen (secondary N) is 1. The van der Waals surface area contributed by atoms with E-state index < -0.39 is 16.8 Å². The number of benzene rings is 2. The number of nitrogens with zero attached hydrogens (tertiary/aromatic N) is 1. The van der Waals surface area contributed by atoms with Crippen molar-refractivity contribution < 1.29 is 24.0 Å². The first-order valence-corrected chi connectivity index (χ1v) is 7.81. The van der Waals surface area contributed by atoms with Crippen LogP contribution in [0.3, 0.4) is 0 Å². The maximum atomic E-state index is 11.9. The zero-order valence-corrected chi connectivity index (χ0v) is 14.1. The molecule has 8 nitrogen and oxygen atoms in total. The molecule has 2 aromatic rings. The Hall–Kier alpha value is -3.42. The van der Waals surface area contributed by atoms with Crippen molar-refractivity contribution in [3.63, 3.8) is 0 Å². The van der Waals surface area contributed by atoms with Gasteiger partial charge < -0.3 is 14.8 Å². The Morgan fingerprint density at radius 2 is 1.88 bits per heavy atom. The monoisotopic (exact) mass is 358 g/mol. The molecule has 0 unspecified atom stereocenters. The first-order chi connectivity index (χ1) is 12.5. The minimum Gasteiger partial charge on any atom is -0.497 e. The van der Waals surface area contributed by atoms with Crippen molar-refractivity contribution >= 4 is 17.6 Å². The summed E-state index contributed by atoms with van der Waals surface area (Å²) in [6.07, 6.45) is 0.536. The molecule has 0 aliphatic carbocycles. The van der Waals surface area contributed by atoms with E-state index >= 15 is 0 Å². The molecule has 0 aliphatic heterocycles. The first kappa shape index (κ1) is 18.9. The molecule has 0 fully saturated rings. The fraction of sp³-hybridized carbons (Fsp3) is 0.222. The summed E-state index contributed by atoms with van der Waals surface area (Å²) in [6, 6.07) is 12.6. The summed E-state index contributed by atoms with van der Waals surface area (Å²) in [7, 11) is 1.58. The molecule has 0 aliphatic rings. The summed E-state index contributed by atoms with van der Waals surface area (Å²) in [4.78, 5) is 33.7. The SMILES string of the molecule is COc1ccc(CCOC(=O)CNC(=O)c2cccc([N+](=O)[O-])c2)cc1. The molecule has 0 heterocycles. The van der Waals surface area contributed by atoms with Crippen LogP contribution < -0.4 is 10.1 Å². The van der Waals surface area contributed by atoms with Gasteiger partial charge in [0.2, 0.25) is 0 Å². The van der Waals surface area contributed by atoms with Gasteiger partial charge in [0, 0.05) is 24.1 Å². The lowest BCUT2D eigenvalue weighted by molar-refractivity contribution is -0.384. The first-order valence-electron chi connectivity index (χ1n) is 7.81. The van der Waals surface area contributed by atoms with Crippen LogP contribution in [0.25, 0.3) is 0 Å². The van der Waals surface area contributed by atoms with E-state index in [0.29, 0.717) is 6.42 Å². The van der Waals surface area contributed by atoms with E-state index in [1.165, 1.54) is 18.2 Å². The van der Waals surface area contributed by atoms with Crippen molar-refractivity contribution in [3.8, 4) is 5.75 Å². The van der Waals surface area contributed by atoms with Crippen molar-refractivity contribution in [3.05, 3.63) is 69.8 Å². The number of amides is 1. The van der Waals surface area contributed by atoms with Gasteiger partial charge in [0.25, 0.3) is 11.6 Å². The number of hydrogen-bond acceptors (Lipinski definition) is 6. The van der Waals surface area contributed by atoms with E-state index in [1.54, 1.807) is 7.11 Å². The van der Waals surface area contributed by atoms with E-state index in [4.69, 9.17) is 9.47 Å². The molecule has 0 atom stereocenters. The third-order valence-corrected chi connectivity index (χ3v) is 3.53. The second kappa shape index (κ2) is 9.16. The summed E-state index contributed by atoms with van der Waals surface area (Å²) in [5, 5.41) is 13.1. The number of ether oxygens (including phenoxy) is 2. The van der Waals surface area contributed by atoms with Crippen LogP contribution in [0.5, 0.6) is 5.75 Å². The summed E-state index contributed by atoms with van der Waals surface area (Å²) in [5.41, 5.74) is 0.893. The highest BCUT2D eigenvalue weighted by atomic mass is 16.6. The molecule has 0 spiro atoms. The number of nitro benzene ring substituents is 1. The fourth-order valence-electron chi connectivity index (χ4n) is 2.14. The van der Waals surface area contributed by atoms with Crippen LogP contribution in [0.2, 0.25) is 0 Å². The summed E-state index contributed by atoms with van der Waals surface area (Å²) >= 11 is 0. The number of rotatable bonds is 8.